The highest BCUT2D eigenvalue weighted by Crippen LogP contribution is 2.24. The van der Waals surface area contributed by atoms with Crippen LogP contribution in [0.3, 0.4) is 0 Å². The number of carboxylic acids is 1. The van der Waals surface area contributed by atoms with Crippen LogP contribution in [-0.4, -0.2) is 30.5 Å². The van der Waals surface area contributed by atoms with Crippen molar-refractivity contribution in [2.45, 2.75) is 37.6 Å². The van der Waals surface area contributed by atoms with Crippen molar-refractivity contribution in [3.05, 3.63) is 29.1 Å². The normalized spacial score (nSPS) is 16.1. The fraction of sp³-hybridized carbons (Fsp3) is 0.417. The van der Waals surface area contributed by atoms with Gasteiger partial charge in [0.15, 0.2) is 0 Å². The lowest BCUT2D eigenvalue weighted by Crippen LogP contribution is -2.33. The van der Waals surface area contributed by atoms with Crippen LogP contribution >= 0.6 is 0 Å². The van der Waals surface area contributed by atoms with Gasteiger partial charge in [-0.25, -0.2) is 17.9 Å². The van der Waals surface area contributed by atoms with Gasteiger partial charge in [0, 0.05) is 17.3 Å². The Morgan fingerprint density at radius 2 is 1.95 bits per heavy atom. The van der Waals surface area contributed by atoms with Crippen molar-refractivity contribution in [3.8, 4) is 0 Å². The minimum absolute atomic E-state index is 0.0387. The molecular weight excluding hydrogens is 268 g/mol. The molecule has 1 aliphatic carbocycles. The van der Waals surface area contributed by atoms with E-state index in [0.717, 1.165) is 0 Å². The number of hydrogen-bond acceptors (Lipinski definition) is 3. The maximum Gasteiger partial charge on any atom is 0.352 e. The Kier molecular flexibility index (Phi) is 3.51. The number of carbonyl (C=O) groups is 1. The van der Waals surface area contributed by atoms with Crippen molar-refractivity contribution in [3.63, 3.8) is 0 Å². The lowest BCUT2D eigenvalue weighted by molar-refractivity contribution is 0.0690. The molecule has 1 aromatic rings. The Morgan fingerprint density at radius 3 is 2.42 bits per heavy atom. The number of aromatic carboxylic acids is 1. The first-order chi connectivity index (χ1) is 8.83. The molecule has 0 saturated carbocycles. The van der Waals surface area contributed by atoms with Gasteiger partial charge in [-0.1, -0.05) is 12.2 Å². The molecule has 1 aromatic heterocycles. The van der Waals surface area contributed by atoms with Crippen LogP contribution in [-0.2, 0) is 10.0 Å². The van der Waals surface area contributed by atoms with Crippen LogP contribution in [0.4, 0.5) is 0 Å². The number of rotatable bonds is 4. The lowest BCUT2D eigenvalue weighted by Gasteiger charge is -2.13. The Bertz CT molecular complexity index is 635. The fourth-order valence-corrected chi connectivity index (χ4v) is 4.05. The van der Waals surface area contributed by atoms with Crippen LogP contribution in [0.5, 0.6) is 0 Å². The molecule has 0 unspecified atom stereocenters. The first-order valence-electron chi connectivity index (χ1n) is 5.92. The van der Waals surface area contributed by atoms with E-state index < -0.39 is 16.0 Å². The fourth-order valence-electron chi connectivity index (χ4n) is 2.34. The second-order valence-electron chi connectivity index (χ2n) is 4.65. The van der Waals surface area contributed by atoms with Crippen molar-refractivity contribution in [1.82, 2.24) is 9.71 Å². The quantitative estimate of drug-likeness (QED) is 0.726. The third-order valence-electron chi connectivity index (χ3n) is 3.18. The molecule has 2 rings (SSSR count). The second-order valence-corrected chi connectivity index (χ2v) is 6.30. The van der Waals surface area contributed by atoms with Gasteiger partial charge in [0.25, 0.3) is 0 Å². The van der Waals surface area contributed by atoms with E-state index in [1.807, 2.05) is 12.2 Å². The van der Waals surface area contributed by atoms with Crippen molar-refractivity contribution < 1.29 is 18.3 Å². The van der Waals surface area contributed by atoms with Crippen LogP contribution in [0, 0.1) is 13.8 Å². The summed E-state index contributed by atoms with van der Waals surface area (Å²) >= 11 is 0. The van der Waals surface area contributed by atoms with E-state index in [1.165, 1.54) is 6.92 Å². The van der Waals surface area contributed by atoms with Gasteiger partial charge in [-0.05, 0) is 26.7 Å². The van der Waals surface area contributed by atoms with Crippen LogP contribution in [0.25, 0.3) is 0 Å². The summed E-state index contributed by atoms with van der Waals surface area (Å²) in [6, 6.07) is -0.146. The maximum absolute atomic E-state index is 12.3. The number of aryl methyl sites for hydroxylation is 1. The van der Waals surface area contributed by atoms with Crippen molar-refractivity contribution in [1.29, 1.82) is 0 Å². The summed E-state index contributed by atoms with van der Waals surface area (Å²) in [5, 5.41) is 9.00. The summed E-state index contributed by atoms with van der Waals surface area (Å²) in [4.78, 5) is 13.7. The van der Waals surface area contributed by atoms with E-state index >= 15 is 0 Å². The average Bonchev–Trinajstić information content (AvgIpc) is 2.86. The molecule has 7 heteroatoms. The third-order valence-corrected chi connectivity index (χ3v) is 4.97. The molecule has 1 aliphatic rings. The third kappa shape index (κ3) is 2.57. The molecule has 3 N–H and O–H groups in total. The Morgan fingerprint density at radius 1 is 1.37 bits per heavy atom. The number of aromatic nitrogens is 1. The minimum Gasteiger partial charge on any atom is -0.477 e. The maximum atomic E-state index is 12.3. The predicted molar refractivity (Wildman–Crippen MR) is 69.7 cm³/mol. The number of carboxylic acid groups (broad SMARTS) is 1. The molecule has 0 amide bonds. The first kappa shape index (κ1) is 13.8. The largest absolute Gasteiger partial charge is 0.477 e. The highest BCUT2D eigenvalue weighted by molar-refractivity contribution is 7.89. The summed E-state index contributed by atoms with van der Waals surface area (Å²) in [6.45, 7) is 3.05. The molecule has 0 saturated heterocycles. The average molecular weight is 284 g/mol. The Balaban J connectivity index is 2.37. The van der Waals surface area contributed by atoms with Gasteiger partial charge in [-0.15, -0.1) is 0 Å². The zero-order chi connectivity index (χ0) is 14.2. The summed E-state index contributed by atoms with van der Waals surface area (Å²) in [5.41, 5.74) is 0.499. The highest BCUT2D eigenvalue weighted by atomic mass is 32.2. The van der Waals surface area contributed by atoms with E-state index in [-0.39, 0.29) is 22.2 Å². The lowest BCUT2D eigenvalue weighted by atomic mass is 10.2. The SMILES string of the molecule is Cc1[nH]c(C(=O)O)c(C)c1S(=O)(=O)NC1CC=CC1. The molecule has 0 spiro atoms. The standard InChI is InChI=1S/C12H16N2O4S/c1-7-10(12(15)16)13-8(2)11(7)19(17,18)14-9-5-3-4-6-9/h3-4,9,13-14H,5-6H2,1-2H3,(H,15,16). The summed E-state index contributed by atoms with van der Waals surface area (Å²) in [5.74, 6) is -1.16. The molecule has 0 bridgehead atoms. The van der Waals surface area contributed by atoms with E-state index in [9.17, 15) is 13.2 Å². The highest BCUT2D eigenvalue weighted by Gasteiger charge is 2.28. The van der Waals surface area contributed by atoms with E-state index in [1.54, 1.807) is 6.92 Å². The number of H-pyrrole nitrogens is 1. The van der Waals surface area contributed by atoms with Gasteiger partial charge in [-0.3, -0.25) is 0 Å². The number of hydrogen-bond donors (Lipinski definition) is 3. The van der Waals surface area contributed by atoms with Crippen LogP contribution in [0.2, 0.25) is 0 Å². The molecule has 0 aromatic carbocycles. The molecule has 6 nitrogen and oxygen atoms in total. The Labute approximate surface area is 111 Å². The Hall–Kier alpha value is -1.60. The molecule has 1 heterocycles. The second kappa shape index (κ2) is 4.82. The van der Waals surface area contributed by atoms with Crippen LogP contribution in [0.1, 0.15) is 34.6 Å². The van der Waals surface area contributed by atoms with Crippen LogP contribution in [0.15, 0.2) is 17.0 Å². The van der Waals surface area contributed by atoms with Gasteiger partial charge in [-0.2, -0.15) is 0 Å². The van der Waals surface area contributed by atoms with Crippen molar-refractivity contribution in [2.75, 3.05) is 0 Å². The summed E-state index contributed by atoms with van der Waals surface area (Å²) in [6.07, 6.45) is 5.17. The van der Waals surface area contributed by atoms with Gasteiger partial charge in [0.1, 0.15) is 10.6 Å². The first-order valence-corrected chi connectivity index (χ1v) is 7.41. The number of nitrogens with one attached hydrogen (secondary N) is 2. The minimum atomic E-state index is -3.70. The van der Waals surface area contributed by atoms with Crippen LogP contribution < -0.4 is 4.72 Å². The molecular formula is C12H16N2O4S. The summed E-state index contributed by atoms with van der Waals surface area (Å²) in [7, 11) is -3.70. The topological polar surface area (TPSA) is 99.3 Å². The molecule has 0 fully saturated rings. The molecule has 0 atom stereocenters. The predicted octanol–water partition coefficient (Wildman–Crippen LogP) is 1.33. The van der Waals surface area contributed by atoms with E-state index in [4.69, 9.17) is 5.11 Å². The zero-order valence-electron chi connectivity index (χ0n) is 10.7. The molecule has 0 radical (unpaired) electrons. The van der Waals surface area contributed by atoms with Gasteiger partial charge >= 0.3 is 5.97 Å². The van der Waals surface area contributed by atoms with Gasteiger partial charge in [0.05, 0.1) is 0 Å². The summed E-state index contributed by atoms with van der Waals surface area (Å²) < 4.78 is 27.2. The monoisotopic (exact) mass is 284 g/mol. The smallest absolute Gasteiger partial charge is 0.352 e. The van der Waals surface area contributed by atoms with E-state index in [2.05, 4.69) is 9.71 Å². The van der Waals surface area contributed by atoms with E-state index in [0.29, 0.717) is 18.5 Å². The zero-order valence-corrected chi connectivity index (χ0v) is 11.5. The number of sulfonamides is 1. The van der Waals surface area contributed by atoms with Crippen molar-refractivity contribution >= 4 is 16.0 Å². The molecule has 0 aliphatic heterocycles. The molecule has 104 valence electrons. The molecule has 19 heavy (non-hydrogen) atoms. The van der Waals surface area contributed by atoms with Crippen molar-refractivity contribution in [2.24, 2.45) is 0 Å². The number of aromatic amines is 1. The van der Waals surface area contributed by atoms with Gasteiger partial charge in [0.2, 0.25) is 10.0 Å². The van der Waals surface area contributed by atoms with Gasteiger partial charge < -0.3 is 10.1 Å².